The zero-order chi connectivity index (χ0) is 22.2. The fraction of sp³-hybridized carbons (Fsp3) is 0.120. The average Bonchev–Trinajstić information content (AvgIpc) is 2.82. The van der Waals surface area contributed by atoms with E-state index in [1.807, 2.05) is 6.07 Å². The van der Waals surface area contributed by atoms with E-state index >= 15 is 0 Å². The van der Waals surface area contributed by atoms with Crippen molar-refractivity contribution in [2.75, 3.05) is 26.6 Å². The molecule has 6 heteroatoms. The predicted octanol–water partition coefficient (Wildman–Crippen LogP) is 4.14. The van der Waals surface area contributed by atoms with Crippen molar-refractivity contribution in [2.45, 2.75) is 0 Å². The number of ether oxygens (including phenoxy) is 3. The van der Waals surface area contributed by atoms with Crippen LogP contribution in [0.4, 0.5) is 5.69 Å². The molecule has 0 aliphatic carbocycles. The van der Waals surface area contributed by atoms with E-state index in [4.69, 9.17) is 14.2 Å². The highest BCUT2D eigenvalue weighted by atomic mass is 16.5. The minimum absolute atomic E-state index is 0.310. The zero-order valence-electron chi connectivity index (χ0n) is 17.4. The van der Waals surface area contributed by atoms with Crippen LogP contribution in [0.3, 0.4) is 0 Å². The molecule has 0 aromatic heterocycles. The van der Waals surface area contributed by atoms with Gasteiger partial charge in [0, 0.05) is 22.9 Å². The fourth-order valence-electron chi connectivity index (χ4n) is 2.85. The van der Waals surface area contributed by atoms with Crippen LogP contribution in [0.1, 0.15) is 31.8 Å². The number of methoxy groups -OCH3 is 3. The van der Waals surface area contributed by atoms with Crippen molar-refractivity contribution in [3.63, 3.8) is 0 Å². The smallest absolute Gasteiger partial charge is 0.337 e. The largest absolute Gasteiger partial charge is 0.497 e. The van der Waals surface area contributed by atoms with Crippen molar-refractivity contribution in [1.82, 2.24) is 0 Å². The maximum atomic E-state index is 12.7. The van der Waals surface area contributed by atoms with Gasteiger partial charge in [-0.2, -0.15) is 0 Å². The molecule has 0 fully saturated rings. The Bertz CT molecular complexity index is 1170. The molecule has 1 amide bonds. The molecule has 0 bridgehead atoms. The van der Waals surface area contributed by atoms with Gasteiger partial charge >= 0.3 is 5.97 Å². The second-order valence-corrected chi connectivity index (χ2v) is 6.42. The van der Waals surface area contributed by atoms with E-state index in [0.29, 0.717) is 39.4 Å². The molecule has 1 N–H and O–H groups in total. The molecule has 0 heterocycles. The van der Waals surface area contributed by atoms with Gasteiger partial charge in [0.15, 0.2) is 0 Å². The molecular formula is C25H21NO5. The molecule has 0 atom stereocenters. The van der Waals surface area contributed by atoms with Gasteiger partial charge in [-0.25, -0.2) is 4.79 Å². The lowest BCUT2D eigenvalue weighted by Gasteiger charge is -2.11. The number of hydrogen-bond donors (Lipinski definition) is 1. The third kappa shape index (κ3) is 5.43. The minimum Gasteiger partial charge on any atom is -0.497 e. The Hall–Kier alpha value is -4.24. The van der Waals surface area contributed by atoms with Crippen molar-refractivity contribution >= 4 is 17.6 Å². The standard InChI is InChI=1S/C25H21NO5/c1-29-21-12-13-22(23(16-21)30-2)24(27)26-20-9-5-7-18(15-20)11-10-17-6-4-8-19(14-17)25(28)31-3/h4-9,12-16H,1-3H3,(H,26,27). The lowest BCUT2D eigenvalue weighted by atomic mass is 10.1. The molecule has 0 saturated carbocycles. The van der Waals surface area contributed by atoms with E-state index in [2.05, 4.69) is 17.2 Å². The Morgan fingerprint density at radius 2 is 1.52 bits per heavy atom. The zero-order valence-corrected chi connectivity index (χ0v) is 17.4. The summed E-state index contributed by atoms with van der Waals surface area (Å²) in [6.45, 7) is 0. The van der Waals surface area contributed by atoms with Crippen molar-refractivity contribution < 1.29 is 23.8 Å². The first-order valence-electron chi connectivity index (χ1n) is 9.38. The van der Waals surface area contributed by atoms with E-state index in [1.165, 1.54) is 14.2 Å². The normalized spacial score (nSPS) is 9.77. The molecule has 3 aromatic rings. The second kappa shape index (κ2) is 9.99. The molecule has 0 saturated heterocycles. The van der Waals surface area contributed by atoms with Gasteiger partial charge in [-0.05, 0) is 48.5 Å². The van der Waals surface area contributed by atoms with E-state index < -0.39 is 5.97 Å². The SMILES string of the molecule is COC(=O)c1cccc(C#Cc2cccc(NC(=O)c3ccc(OC)cc3OC)c2)c1. The Balaban J connectivity index is 1.78. The molecule has 156 valence electrons. The summed E-state index contributed by atoms with van der Waals surface area (Å²) >= 11 is 0. The molecule has 0 spiro atoms. The first kappa shape index (κ1) is 21.5. The number of esters is 1. The van der Waals surface area contributed by atoms with E-state index in [1.54, 1.807) is 67.8 Å². The van der Waals surface area contributed by atoms with Gasteiger partial charge in [-0.3, -0.25) is 4.79 Å². The lowest BCUT2D eigenvalue weighted by Crippen LogP contribution is -2.13. The van der Waals surface area contributed by atoms with Gasteiger partial charge in [-0.15, -0.1) is 0 Å². The number of benzene rings is 3. The molecule has 31 heavy (non-hydrogen) atoms. The van der Waals surface area contributed by atoms with E-state index in [9.17, 15) is 9.59 Å². The quantitative estimate of drug-likeness (QED) is 0.501. The summed E-state index contributed by atoms with van der Waals surface area (Å²) in [6, 6.07) is 19.1. The molecule has 0 radical (unpaired) electrons. The van der Waals surface area contributed by atoms with Crippen molar-refractivity contribution in [1.29, 1.82) is 0 Å². The molecule has 0 aliphatic rings. The summed E-state index contributed by atoms with van der Waals surface area (Å²) < 4.78 is 15.2. The van der Waals surface area contributed by atoms with Crippen LogP contribution in [0.5, 0.6) is 11.5 Å². The number of carbonyl (C=O) groups is 2. The van der Waals surface area contributed by atoms with Crippen molar-refractivity contribution in [2.24, 2.45) is 0 Å². The monoisotopic (exact) mass is 415 g/mol. The number of carbonyl (C=O) groups excluding carboxylic acids is 2. The second-order valence-electron chi connectivity index (χ2n) is 6.42. The van der Waals surface area contributed by atoms with Crippen LogP contribution in [-0.4, -0.2) is 33.2 Å². The number of nitrogens with one attached hydrogen (secondary N) is 1. The molecular weight excluding hydrogens is 394 g/mol. The van der Waals surface area contributed by atoms with Crippen molar-refractivity contribution in [3.05, 3.63) is 89.0 Å². The van der Waals surface area contributed by atoms with E-state index in [0.717, 1.165) is 0 Å². The van der Waals surface area contributed by atoms with Gasteiger partial charge in [0.1, 0.15) is 11.5 Å². The van der Waals surface area contributed by atoms with Crippen LogP contribution in [0.2, 0.25) is 0 Å². The number of amides is 1. The highest BCUT2D eigenvalue weighted by Gasteiger charge is 2.13. The Labute approximate surface area is 180 Å². The highest BCUT2D eigenvalue weighted by Crippen LogP contribution is 2.25. The van der Waals surface area contributed by atoms with Crippen LogP contribution >= 0.6 is 0 Å². The van der Waals surface area contributed by atoms with Crippen LogP contribution in [0, 0.1) is 11.8 Å². The summed E-state index contributed by atoms with van der Waals surface area (Å²) in [5.74, 6) is 6.35. The molecule has 6 nitrogen and oxygen atoms in total. The maximum absolute atomic E-state index is 12.7. The first-order valence-corrected chi connectivity index (χ1v) is 9.38. The third-order valence-corrected chi connectivity index (χ3v) is 4.41. The average molecular weight is 415 g/mol. The van der Waals surface area contributed by atoms with Gasteiger partial charge in [0.05, 0.1) is 32.5 Å². The van der Waals surface area contributed by atoms with E-state index in [-0.39, 0.29) is 5.91 Å². The summed E-state index contributed by atoms with van der Waals surface area (Å²) in [4.78, 5) is 24.4. The predicted molar refractivity (Wildman–Crippen MR) is 118 cm³/mol. The van der Waals surface area contributed by atoms with Gasteiger partial charge < -0.3 is 19.5 Å². The third-order valence-electron chi connectivity index (χ3n) is 4.41. The molecule has 3 aromatic carbocycles. The summed E-state index contributed by atoms with van der Waals surface area (Å²) in [7, 11) is 4.38. The van der Waals surface area contributed by atoms with Gasteiger partial charge in [0.2, 0.25) is 0 Å². The Morgan fingerprint density at radius 1 is 0.806 bits per heavy atom. The van der Waals surface area contributed by atoms with Crippen molar-refractivity contribution in [3.8, 4) is 23.3 Å². The Kier molecular flexibility index (Phi) is 6.92. The molecule has 0 unspecified atom stereocenters. The molecule has 3 rings (SSSR count). The summed E-state index contributed by atoms with van der Waals surface area (Å²) in [5.41, 5.74) is 2.81. The topological polar surface area (TPSA) is 73.9 Å². The van der Waals surface area contributed by atoms with Gasteiger partial charge in [0.25, 0.3) is 5.91 Å². The number of anilines is 1. The van der Waals surface area contributed by atoms with Crippen LogP contribution in [-0.2, 0) is 4.74 Å². The first-order chi connectivity index (χ1) is 15.0. The highest BCUT2D eigenvalue weighted by molar-refractivity contribution is 6.06. The molecule has 0 aliphatic heterocycles. The van der Waals surface area contributed by atoms with Gasteiger partial charge in [-0.1, -0.05) is 24.0 Å². The van der Waals surface area contributed by atoms with Crippen LogP contribution < -0.4 is 14.8 Å². The summed E-state index contributed by atoms with van der Waals surface area (Å²) in [6.07, 6.45) is 0. The van der Waals surface area contributed by atoms with Crippen LogP contribution in [0.25, 0.3) is 0 Å². The minimum atomic E-state index is -0.415. The maximum Gasteiger partial charge on any atom is 0.337 e. The fourth-order valence-corrected chi connectivity index (χ4v) is 2.85. The summed E-state index contributed by atoms with van der Waals surface area (Å²) in [5, 5.41) is 2.85. The van der Waals surface area contributed by atoms with Crippen LogP contribution in [0.15, 0.2) is 66.7 Å². The lowest BCUT2D eigenvalue weighted by molar-refractivity contribution is 0.0600. The number of hydrogen-bond acceptors (Lipinski definition) is 5. The Morgan fingerprint density at radius 3 is 2.19 bits per heavy atom. The number of rotatable bonds is 5.